The lowest BCUT2D eigenvalue weighted by Gasteiger charge is -2.14. The van der Waals surface area contributed by atoms with Gasteiger partial charge in [-0.1, -0.05) is 0 Å². The molecule has 5 nitrogen and oxygen atoms in total. The van der Waals surface area contributed by atoms with Crippen LogP contribution in [-0.4, -0.2) is 19.6 Å². The van der Waals surface area contributed by atoms with Gasteiger partial charge in [0.15, 0.2) is 0 Å². The zero-order valence-corrected chi connectivity index (χ0v) is 6.85. The average molecular weight is 185 g/mol. The predicted octanol–water partition coefficient (Wildman–Crippen LogP) is -0.791. The van der Waals surface area contributed by atoms with Gasteiger partial charge in [0.05, 0.1) is 0 Å². The zero-order chi connectivity index (χ0) is 7.99. The van der Waals surface area contributed by atoms with Crippen molar-refractivity contribution in [1.82, 2.24) is 0 Å². The van der Waals surface area contributed by atoms with Gasteiger partial charge in [0, 0.05) is 0 Å². The van der Waals surface area contributed by atoms with Crippen LogP contribution in [0.3, 0.4) is 0 Å². The lowest BCUT2D eigenvalue weighted by atomic mass is 10.4. The normalized spacial score (nSPS) is 45.7. The molecule has 0 aromatic heterocycles. The Labute approximate surface area is 64.2 Å². The Morgan fingerprint density at radius 1 is 1.70 bits per heavy atom. The molecule has 0 saturated carbocycles. The minimum absolute atomic E-state index is 0.763. The molecular weight excluding hydrogens is 178 g/mol. The summed E-state index contributed by atoms with van der Waals surface area (Å²) in [7, 11) is -3.90. The summed E-state index contributed by atoms with van der Waals surface area (Å²) in [6.45, 7) is 1.46. The molecule has 7 heteroatoms. The molecule has 1 saturated heterocycles. The Kier molecular flexibility index (Phi) is 1.72. The van der Waals surface area contributed by atoms with Crippen LogP contribution in [0.4, 0.5) is 0 Å². The van der Waals surface area contributed by atoms with Crippen LogP contribution in [0.2, 0.25) is 0 Å². The third-order valence-electron chi connectivity index (χ3n) is 1.08. The van der Waals surface area contributed by atoms with Crippen LogP contribution < -0.4 is 5.73 Å². The van der Waals surface area contributed by atoms with E-state index in [-0.39, 0.29) is 0 Å². The first-order valence-electron chi connectivity index (χ1n) is 2.48. The van der Waals surface area contributed by atoms with E-state index in [1.54, 1.807) is 0 Å². The summed E-state index contributed by atoms with van der Waals surface area (Å²) >= 11 is 3.71. The second kappa shape index (κ2) is 2.08. The number of thiol groups is 1. The lowest BCUT2D eigenvalue weighted by molar-refractivity contribution is 0.146. The maximum absolute atomic E-state index is 10.5. The van der Waals surface area contributed by atoms with Crippen LogP contribution in [0.1, 0.15) is 6.92 Å². The zero-order valence-electron chi connectivity index (χ0n) is 5.14. The fraction of sp³-hybridized carbons (Fsp3) is 1.00. The van der Waals surface area contributed by atoms with Crippen molar-refractivity contribution in [1.29, 1.82) is 0 Å². The third kappa shape index (κ3) is 1.43. The number of nitrogens with two attached hydrogens (primary N) is 1. The van der Waals surface area contributed by atoms with Crippen molar-refractivity contribution in [2.75, 3.05) is 0 Å². The molecule has 0 amide bonds. The molecule has 2 N–H and O–H groups in total. The van der Waals surface area contributed by atoms with Gasteiger partial charge in [0.2, 0.25) is 5.06 Å². The van der Waals surface area contributed by atoms with E-state index in [0.717, 1.165) is 0 Å². The summed E-state index contributed by atoms with van der Waals surface area (Å²) in [4.78, 5) is 0. The lowest BCUT2D eigenvalue weighted by Crippen LogP contribution is -2.41. The Balaban J connectivity index is 2.92. The van der Waals surface area contributed by atoms with Gasteiger partial charge in [-0.15, -0.1) is 12.6 Å². The van der Waals surface area contributed by atoms with Gasteiger partial charge in [-0.05, 0) is 6.92 Å². The Hall–Kier alpha value is 0.180. The minimum atomic E-state index is -3.90. The summed E-state index contributed by atoms with van der Waals surface area (Å²) in [5.74, 6) is 0. The van der Waals surface area contributed by atoms with Crippen molar-refractivity contribution < 1.29 is 16.8 Å². The van der Waals surface area contributed by atoms with E-state index in [4.69, 9.17) is 5.73 Å². The molecule has 1 fully saturated rings. The van der Waals surface area contributed by atoms with Crippen LogP contribution in [0, 0.1) is 0 Å². The standard InChI is InChI=1S/C3H7NO4S2/c1-2-3(4,9)8-10(5,6)7-2/h2,9H,4H2,1H3. The van der Waals surface area contributed by atoms with Gasteiger partial charge in [0.1, 0.15) is 6.10 Å². The SMILES string of the molecule is CC1OS(=O)(=O)OC1(N)S. The Bertz CT molecular complexity index is 233. The van der Waals surface area contributed by atoms with E-state index in [2.05, 4.69) is 21.0 Å². The molecule has 2 atom stereocenters. The molecule has 1 rings (SSSR count). The fourth-order valence-electron chi connectivity index (χ4n) is 0.497. The molecule has 0 spiro atoms. The van der Waals surface area contributed by atoms with Gasteiger partial charge in [-0.25, -0.2) is 8.37 Å². The van der Waals surface area contributed by atoms with Gasteiger partial charge in [-0.3, -0.25) is 5.73 Å². The van der Waals surface area contributed by atoms with E-state index in [9.17, 15) is 8.42 Å². The molecule has 10 heavy (non-hydrogen) atoms. The first-order valence-corrected chi connectivity index (χ1v) is 4.27. The van der Waals surface area contributed by atoms with Crippen molar-refractivity contribution in [2.45, 2.75) is 18.1 Å². The molecule has 60 valence electrons. The number of hydrogen-bond donors (Lipinski definition) is 2. The number of hydrogen-bond acceptors (Lipinski definition) is 6. The first kappa shape index (κ1) is 8.28. The molecule has 1 aliphatic heterocycles. The van der Waals surface area contributed by atoms with Gasteiger partial charge in [0.25, 0.3) is 0 Å². The molecule has 0 bridgehead atoms. The molecule has 0 radical (unpaired) electrons. The maximum Gasteiger partial charge on any atom is 0.403 e. The monoisotopic (exact) mass is 185 g/mol. The Morgan fingerprint density at radius 2 is 2.20 bits per heavy atom. The van der Waals surface area contributed by atoms with Crippen molar-refractivity contribution in [3.63, 3.8) is 0 Å². The van der Waals surface area contributed by atoms with Crippen LogP contribution in [0.5, 0.6) is 0 Å². The van der Waals surface area contributed by atoms with Crippen LogP contribution >= 0.6 is 12.6 Å². The summed E-state index contributed by atoms with van der Waals surface area (Å²) in [6.07, 6.45) is -0.763. The summed E-state index contributed by atoms with van der Waals surface area (Å²) in [5, 5.41) is -1.53. The van der Waals surface area contributed by atoms with Crippen molar-refractivity contribution >= 4 is 23.0 Å². The molecule has 1 aliphatic rings. The van der Waals surface area contributed by atoms with Crippen LogP contribution in [-0.2, 0) is 18.8 Å². The van der Waals surface area contributed by atoms with Gasteiger partial charge < -0.3 is 0 Å². The highest BCUT2D eigenvalue weighted by Crippen LogP contribution is 2.28. The topological polar surface area (TPSA) is 78.6 Å². The smallest absolute Gasteiger partial charge is 0.291 e. The molecule has 2 unspecified atom stereocenters. The van der Waals surface area contributed by atoms with Crippen molar-refractivity contribution in [3.05, 3.63) is 0 Å². The predicted molar refractivity (Wildman–Crippen MR) is 36.5 cm³/mol. The van der Waals surface area contributed by atoms with Gasteiger partial charge >= 0.3 is 10.4 Å². The quantitative estimate of drug-likeness (QED) is 0.382. The van der Waals surface area contributed by atoms with E-state index < -0.39 is 21.6 Å². The first-order chi connectivity index (χ1) is 4.33. The van der Waals surface area contributed by atoms with Gasteiger partial charge in [-0.2, -0.15) is 8.42 Å². The Morgan fingerprint density at radius 3 is 2.30 bits per heavy atom. The van der Waals surface area contributed by atoms with E-state index >= 15 is 0 Å². The highest BCUT2D eigenvalue weighted by Gasteiger charge is 2.45. The highest BCUT2D eigenvalue weighted by molar-refractivity contribution is 7.85. The second-order valence-electron chi connectivity index (χ2n) is 1.98. The van der Waals surface area contributed by atoms with Crippen molar-refractivity contribution in [2.24, 2.45) is 5.73 Å². The average Bonchev–Trinajstić information content (AvgIpc) is 1.73. The highest BCUT2D eigenvalue weighted by atomic mass is 32.3. The van der Waals surface area contributed by atoms with Crippen LogP contribution in [0.25, 0.3) is 0 Å². The molecular formula is C3H7NO4S2. The molecule has 0 aromatic carbocycles. The number of rotatable bonds is 0. The van der Waals surface area contributed by atoms with Crippen molar-refractivity contribution in [3.8, 4) is 0 Å². The minimum Gasteiger partial charge on any atom is -0.291 e. The summed E-state index contributed by atoms with van der Waals surface area (Å²) in [5.41, 5.74) is 5.23. The summed E-state index contributed by atoms with van der Waals surface area (Å²) < 4.78 is 29.5. The second-order valence-corrected chi connectivity index (χ2v) is 3.86. The third-order valence-corrected chi connectivity index (χ3v) is 2.66. The molecule has 0 aromatic rings. The van der Waals surface area contributed by atoms with E-state index in [1.165, 1.54) is 6.92 Å². The van der Waals surface area contributed by atoms with Crippen LogP contribution in [0.15, 0.2) is 0 Å². The van der Waals surface area contributed by atoms with E-state index in [0.29, 0.717) is 0 Å². The van der Waals surface area contributed by atoms with E-state index in [1.807, 2.05) is 0 Å². The maximum atomic E-state index is 10.5. The fourth-order valence-corrected chi connectivity index (χ4v) is 1.89. The molecule has 1 heterocycles. The largest absolute Gasteiger partial charge is 0.403 e. The molecule has 0 aliphatic carbocycles. The summed E-state index contributed by atoms with van der Waals surface area (Å²) in [6, 6.07) is 0.